The maximum absolute atomic E-state index is 5.43. The molecule has 0 aliphatic heterocycles. The van der Waals surface area contributed by atoms with Gasteiger partial charge in [0.2, 0.25) is 0 Å². The highest BCUT2D eigenvalue weighted by molar-refractivity contribution is 5.91. The van der Waals surface area contributed by atoms with Crippen LogP contribution in [0.3, 0.4) is 0 Å². The lowest BCUT2D eigenvalue weighted by Gasteiger charge is -2.27. The van der Waals surface area contributed by atoms with Crippen LogP contribution in [-0.2, 0) is 0 Å². The maximum Gasteiger partial charge on any atom is 0.121 e. The van der Waals surface area contributed by atoms with E-state index in [2.05, 4.69) is 49.0 Å². The zero-order valence-corrected chi connectivity index (χ0v) is 15.7. The van der Waals surface area contributed by atoms with Crippen LogP contribution >= 0.6 is 0 Å². The van der Waals surface area contributed by atoms with Gasteiger partial charge in [0.1, 0.15) is 5.75 Å². The van der Waals surface area contributed by atoms with Gasteiger partial charge in [0, 0.05) is 29.7 Å². The number of hydrogen-bond acceptors (Lipinski definition) is 4. The lowest BCUT2D eigenvalue weighted by atomic mass is 10.1. The molecule has 0 radical (unpaired) electrons. The lowest BCUT2D eigenvalue weighted by Crippen LogP contribution is -2.33. The van der Waals surface area contributed by atoms with E-state index in [1.807, 2.05) is 24.4 Å². The van der Waals surface area contributed by atoms with Gasteiger partial charge in [0.15, 0.2) is 0 Å². The van der Waals surface area contributed by atoms with Crippen molar-refractivity contribution in [3.63, 3.8) is 0 Å². The van der Waals surface area contributed by atoms with Crippen molar-refractivity contribution >= 4 is 16.6 Å². The molecular weight excluding hydrogens is 298 g/mol. The number of nitrogens with zero attached hydrogens (tertiary/aromatic N) is 2. The Morgan fingerprint density at radius 1 is 1.17 bits per heavy atom. The molecule has 2 aromatic rings. The third-order valence-electron chi connectivity index (χ3n) is 4.77. The minimum Gasteiger partial charge on any atom is -0.497 e. The minimum absolute atomic E-state index is 0.389. The molecule has 0 amide bonds. The zero-order chi connectivity index (χ0) is 17.5. The fourth-order valence-electron chi connectivity index (χ4n) is 3.25. The maximum atomic E-state index is 5.43. The van der Waals surface area contributed by atoms with Gasteiger partial charge >= 0.3 is 0 Å². The molecule has 1 N–H and O–H groups in total. The van der Waals surface area contributed by atoms with Gasteiger partial charge in [0.05, 0.1) is 18.3 Å². The first kappa shape index (κ1) is 18.5. The van der Waals surface area contributed by atoms with Crippen LogP contribution in [0.4, 0.5) is 5.69 Å². The van der Waals surface area contributed by atoms with E-state index in [9.17, 15) is 0 Å². The van der Waals surface area contributed by atoms with Crippen LogP contribution in [0, 0.1) is 0 Å². The van der Waals surface area contributed by atoms with Gasteiger partial charge < -0.3 is 15.0 Å². The van der Waals surface area contributed by atoms with E-state index < -0.39 is 0 Å². The van der Waals surface area contributed by atoms with E-state index in [-0.39, 0.29) is 0 Å². The Kier molecular flexibility index (Phi) is 6.85. The van der Waals surface area contributed by atoms with Crippen molar-refractivity contribution in [1.29, 1.82) is 0 Å². The average Bonchev–Trinajstić information content (AvgIpc) is 2.60. The number of hydrogen-bond donors (Lipinski definition) is 1. The summed E-state index contributed by atoms with van der Waals surface area (Å²) in [5.41, 5.74) is 2.05. The van der Waals surface area contributed by atoms with E-state index in [0.717, 1.165) is 41.9 Å². The molecule has 4 nitrogen and oxygen atoms in total. The van der Waals surface area contributed by atoms with Crippen LogP contribution < -0.4 is 10.1 Å². The zero-order valence-electron chi connectivity index (χ0n) is 15.7. The summed E-state index contributed by atoms with van der Waals surface area (Å²) >= 11 is 0. The predicted molar refractivity (Wildman–Crippen MR) is 103 cm³/mol. The van der Waals surface area contributed by atoms with Crippen molar-refractivity contribution in [1.82, 2.24) is 9.88 Å². The monoisotopic (exact) mass is 329 g/mol. The largest absolute Gasteiger partial charge is 0.497 e. The standard InChI is InChI=1S/C20H31N3O/c1-6-23(7-2)16(4)11-10-15(3)22-19-14-18(24-5)13-17-9-8-12-21-20(17)19/h8-9,12-16,22H,6-7,10-11H2,1-5H3. The number of rotatable bonds is 9. The van der Waals surface area contributed by atoms with Crippen LogP contribution in [0.15, 0.2) is 30.5 Å². The van der Waals surface area contributed by atoms with Crippen molar-refractivity contribution < 1.29 is 4.74 Å². The van der Waals surface area contributed by atoms with Gasteiger partial charge in [-0.05, 0) is 51.9 Å². The van der Waals surface area contributed by atoms with Gasteiger partial charge in [-0.2, -0.15) is 0 Å². The van der Waals surface area contributed by atoms with Crippen molar-refractivity contribution in [2.24, 2.45) is 0 Å². The minimum atomic E-state index is 0.389. The second kappa shape index (κ2) is 8.88. The molecule has 2 rings (SSSR count). The fourth-order valence-corrected chi connectivity index (χ4v) is 3.25. The molecule has 132 valence electrons. The predicted octanol–water partition coefficient (Wildman–Crippen LogP) is 4.55. The summed E-state index contributed by atoms with van der Waals surface area (Å²) in [5.74, 6) is 0.863. The Morgan fingerprint density at radius 3 is 2.58 bits per heavy atom. The first-order valence-electron chi connectivity index (χ1n) is 9.02. The number of fused-ring (bicyclic) bond motifs is 1. The number of aromatic nitrogens is 1. The van der Waals surface area contributed by atoms with Crippen molar-refractivity contribution in [3.8, 4) is 5.75 Å². The van der Waals surface area contributed by atoms with Gasteiger partial charge in [-0.25, -0.2) is 0 Å². The van der Waals surface area contributed by atoms with Crippen LogP contribution in [0.5, 0.6) is 5.75 Å². The Hall–Kier alpha value is -1.81. The molecule has 0 fully saturated rings. The van der Waals surface area contributed by atoms with E-state index in [1.54, 1.807) is 7.11 Å². The highest BCUT2D eigenvalue weighted by Crippen LogP contribution is 2.28. The molecule has 0 aliphatic carbocycles. The molecule has 0 bridgehead atoms. The number of benzene rings is 1. The van der Waals surface area contributed by atoms with E-state index in [0.29, 0.717) is 12.1 Å². The number of nitrogens with one attached hydrogen (secondary N) is 1. The Morgan fingerprint density at radius 2 is 1.92 bits per heavy atom. The van der Waals surface area contributed by atoms with Crippen LogP contribution in [0.2, 0.25) is 0 Å². The Labute approximate surface area is 146 Å². The first-order chi connectivity index (χ1) is 11.6. The second-order valence-corrected chi connectivity index (χ2v) is 6.44. The SMILES string of the molecule is CCN(CC)C(C)CCC(C)Nc1cc(OC)cc2cccnc12. The van der Waals surface area contributed by atoms with E-state index in [1.165, 1.54) is 6.42 Å². The topological polar surface area (TPSA) is 37.4 Å². The van der Waals surface area contributed by atoms with Crippen molar-refractivity contribution in [2.75, 3.05) is 25.5 Å². The van der Waals surface area contributed by atoms with Gasteiger partial charge in [-0.3, -0.25) is 4.98 Å². The normalized spacial score (nSPS) is 13.9. The summed E-state index contributed by atoms with van der Waals surface area (Å²) in [6.45, 7) is 11.3. The van der Waals surface area contributed by atoms with Crippen molar-refractivity contribution in [2.45, 2.75) is 52.6 Å². The summed E-state index contributed by atoms with van der Waals surface area (Å²) in [4.78, 5) is 7.04. The number of ether oxygens (including phenoxy) is 1. The molecule has 4 heteroatoms. The van der Waals surface area contributed by atoms with Gasteiger partial charge in [-0.1, -0.05) is 19.9 Å². The molecule has 0 saturated heterocycles. The van der Waals surface area contributed by atoms with Crippen LogP contribution in [0.1, 0.15) is 40.5 Å². The number of methoxy groups -OCH3 is 1. The molecule has 0 saturated carbocycles. The van der Waals surface area contributed by atoms with Crippen LogP contribution in [0.25, 0.3) is 10.9 Å². The molecule has 1 aromatic heterocycles. The highest BCUT2D eigenvalue weighted by Gasteiger charge is 2.13. The Bertz CT molecular complexity index is 640. The molecule has 2 unspecified atom stereocenters. The quantitative estimate of drug-likeness (QED) is 0.732. The summed E-state index contributed by atoms with van der Waals surface area (Å²) in [5, 5.41) is 4.73. The molecule has 0 spiro atoms. The van der Waals surface area contributed by atoms with Crippen molar-refractivity contribution in [3.05, 3.63) is 30.5 Å². The number of pyridine rings is 1. The Balaban J connectivity index is 2.06. The molecular formula is C20H31N3O. The fraction of sp³-hybridized carbons (Fsp3) is 0.550. The second-order valence-electron chi connectivity index (χ2n) is 6.44. The van der Waals surface area contributed by atoms with Gasteiger partial charge in [-0.15, -0.1) is 0 Å². The smallest absolute Gasteiger partial charge is 0.121 e. The molecule has 1 aromatic carbocycles. The summed E-state index contributed by atoms with van der Waals surface area (Å²) < 4.78 is 5.43. The third-order valence-corrected chi connectivity index (χ3v) is 4.77. The summed E-state index contributed by atoms with van der Waals surface area (Å²) in [6.07, 6.45) is 4.15. The van der Waals surface area contributed by atoms with E-state index >= 15 is 0 Å². The molecule has 0 aliphatic rings. The number of anilines is 1. The lowest BCUT2D eigenvalue weighted by molar-refractivity contribution is 0.216. The van der Waals surface area contributed by atoms with E-state index in [4.69, 9.17) is 4.74 Å². The summed E-state index contributed by atoms with van der Waals surface area (Å²) in [6, 6.07) is 9.11. The highest BCUT2D eigenvalue weighted by atomic mass is 16.5. The van der Waals surface area contributed by atoms with Gasteiger partial charge in [0.25, 0.3) is 0 Å². The third kappa shape index (κ3) is 4.60. The summed E-state index contributed by atoms with van der Waals surface area (Å²) in [7, 11) is 1.70. The average molecular weight is 329 g/mol. The first-order valence-corrected chi connectivity index (χ1v) is 9.02. The molecule has 24 heavy (non-hydrogen) atoms. The molecule has 1 heterocycles. The van der Waals surface area contributed by atoms with Crippen LogP contribution in [-0.4, -0.2) is 42.2 Å². The molecule has 2 atom stereocenters.